The lowest BCUT2D eigenvalue weighted by Gasteiger charge is -2.25. The van der Waals surface area contributed by atoms with Crippen LogP contribution >= 0.6 is 11.8 Å². The van der Waals surface area contributed by atoms with Crippen molar-refractivity contribution in [1.82, 2.24) is 4.90 Å². The van der Waals surface area contributed by atoms with Crippen LogP contribution in [0.25, 0.3) is 0 Å². The van der Waals surface area contributed by atoms with Crippen molar-refractivity contribution in [2.75, 3.05) is 18.6 Å². The zero-order chi connectivity index (χ0) is 15.0. The Balaban J connectivity index is 2.67. The van der Waals surface area contributed by atoms with E-state index in [0.717, 1.165) is 30.7 Å². The minimum atomic E-state index is -0.376. The number of thioether (sulfide) groups is 1. The van der Waals surface area contributed by atoms with Gasteiger partial charge in [0.1, 0.15) is 0 Å². The van der Waals surface area contributed by atoms with Crippen LogP contribution < -0.4 is 5.73 Å². The van der Waals surface area contributed by atoms with Gasteiger partial charge in [-0.2, -0.15) is 11.8 Å². The highest BCUT2D eigenvalue weighted by Gasteiger charge is 2.20. The minimum Gasteiger partial charge on any atom is -0.337 e. The summed E-state index contributed by atoms with van der Waals surface area (Å²) >= 11 is 1.73. The van der Waals surface area contributed by atoms with E-state index in [1.54, 1.807) is 11.8 Å². The molecule has 0 heterocycles. The van der Waals surface area contributed by atoms with Crippen molar-refractivity contribution in [1.29, 1.82) is 0 Å². The van der Waals surface area contributed by atoms with Gasteiger partial charge in [0, 0.05) is 13.1 Å². The van der Waals surface area contributed by atoms with Crippen LogP contribution in [0.1, 0.15) is 30.9 Å². The molecule has 1 rings (SSSR count). The molecule has 0 aliphatic rings. The predicted octanol–water partition coefficient (Wildman–Crippen LogP) is 2.81. The summed E-state index contributed by atoms with van der Waals surface area (Å²) in [6.07, 6.45) is 3.73. The molecule has 1 amide bonds. The number of hydrogen-bond acceptors (Lipinski definition) is 3. The zero-order valence-electron chi connectivity index (χ0n) is 12.8. The van der Waals surface area contributed by atoms with Gasteiger partial charge in [0.05, 0.1) is 6.04 Å². The molecule has 1 aromatic rings. The summed E-state index contributed by atoms with van der Waals surface area (Å²) in [6.45, 7) is 5.57. The Kier molecular flexibility index (Phi) is 7.70. The third kappa shape index (κ3) is 5.55. The second-order valence-corrected chi connectivity index (χ2v) is 6.12. The van der Waals surface area contributed by atoms with Crippen molar-refractivity contribution >= 4 is 17.7 Å². The quantitative estimate of drug-likeness (QED) is 0.802. The number of amides is 1. The van der Waals surface area contributed by atoms with E-state index in [1.165, 1.54) is 5.56 Å². The smallest absolute Gasteiger partial charge is 0.239 e. The van der Waals surface area contributed by atoms with Crippen LogP contribution in [0.4, 0.5) is 0 Å². The van der Waals surface area contributed by atoms with E-state index in [1.807, 2.05) is 11.2 Å². The molecule has 0 saturated heterocycles. The Morgan fingerprint density at radius 2 is 2.00 bits per heavy atom. The first kappa shape index (κ1) is 17.1. The number of aryl methyl sites for hydroxylation is 1. The van der Waals surface area contributed by atoms with Crippen molar-refractivity contribution < 1.29 is 4.79 Å². The van der Waals surface area contributed by atoms with E-state index in [4.69, 9.17) is 5.73 Å². The van der Waals surface area contributed by atoms with Crippen molar-refractivity contribution in [3.05, 3.63) is 35.4 Å². The Morgan fingerprint density at radius 3 is 2.55 bits per heavy atom. The molecule has 0 bridgehead atoms. The van der Waals surface area contributed by atoms with Crippen molar-refractivity contribution in [2.24, 2.45) is 5.73 Å². The van der Waals surface area contributed by atoms with E-state index in [9.17, 15) is 4.79 Å². The fourth-order valence-corrected chi connectivity index (χ4v) is 2.54. The number of carbonyl (C=O) groups excluding carboxylic acids is 1. The van der Waals surface area contributed by atoms with E-state index >= 15 is 0 Å². The first-order valence-electron chi connectivity index (χ1n) is 7.17. The van der Waals surface area contributed by atoms with E-state index in [-0.39, 0.29) is 11.9 Å². The lowest BCUT2D eigenvalue weighted by Crippen LogP contribution is -2.44. The third-order valence-corrected chi connectivity index (χ3v) is 3.89. The number of benzene rings is 1. The first-order chi connectivity index (χ1) is 9.58. The maximum absolute atomic E-state index is 12.4. The molecule has 0 saturated carbocycles. The molecule has 0 aliphatic carbocycles. The highest BCUT2D eigenvalue weighted by molar-refractivity contribution is 7.98. The molecule has 112 valence electrons. The van der Waals surface area contributed by atoms with Gasteiger partial charge in [0.15, 0.2) is 0 Å². The van der Waals surface area contributed by atoms with Crippen LogP contribution in [-0.2, 0) is 11.3 Å². The Morgan fingerprint density at radius 1 is 1.35 bits per heavy atom. The lowest BCUT2D eigenvalue weighted by molar-refractivity contribution is -0.133. The van der Waals surface area contributed by atoms with Crippen LogP contribution in [0.2, 0.25) is 0 Å². The Hall–Kier alpha value is -1.00. The summed E-state index contributed by atoms with van der Waals surface area (Å²) in [4.78, 5) is 14.3. The standard InChI is InChI=1S/C16H26N2OS/c1-4-10-18(16(19)15(17)9-11-20-3)12-14-7-5-13(2)6-8-14/h5-8,15H,4,9-12,17H2,1-3H3/t15-/m1/s1. The highest BCUT2D eigenvalue weighted by atomic mass is 32.2. The topological polar surface area (TPSA) is 46.3 Å². The van der Waals surface area contributed by atoms with E-state index in [0.29, 0.717) is 6.54 Å². The lowest BCUT2D eigenvalue weighted by atomic mass is 10.1. The zero-order valence-corrected chi connectivity index (χ0v) is 13.6. The van der Waals surface area contributed by atoms with Gasteiger partial charge < -0.3 is 10.6 Å². The van der Waals surface area contributed by atoms with Gasteiger partial charge in [0.25, 0.3) is 0 Å². The number of hydrogen-bond donors (Lipinski definition) is 1. The third-order valence-electron chi connectivity index (χ3n) is 3.25. The molecule has 0 aromatic heterocycles. The van der Waals surface area contributed by atoms with Crippen LogP contribution in [0.15, 0.2) is 24.3 Å². The van der Waals surface area contributed by atoms with Crippen LogP contribution in [0.5, 0.6) is 0 Å². The second kappa shape index (κ2) is 9.03. The molecule has 20 heavy (non-hydrogen) atoms. The van der Waals surface area contributed by atoms with Crippen LogP contribution in [0.3, 0.4) is 0 Å². The summed E-state index contributed by atoms with van der Waals surface area (Å²) in [7, 11) is 0. The fraction of sp³-hybridized carbons (Fsp3) is 0.562. The molecular formula is C16H26N2OS. The molecule has 0 radical (unpaired) electrons. The number of nitrogens with zero attached hydrogens (tertiary/aromatic N) is 1. The fourth-order valence-electron chi connectivity index (χ4n) is 2.05. The number of carbonyl (C=O) groups is 1. The van der Waals surface area contributed by atoms with E-state index in [2.05, 4.69) is 38.1 Å². The maximum atomic E-state index is 12.4. The van der Waals surface area contributed by atoms with Gasteiger partial charge in [-0.05, 0) is 37.3 Å². The number of nitrogens with two attached hydrogens (primary N) is 1. The number of rotatable bonds is 8. The van der Waals surface area contributed by atoms with Gasteiger partial charge in [0.2, 0.25) is 5.91 Å². The summed E-state index contributed by atoms with van der Waals surface area (Å²) in [5, 5.41) is 0. The largest absolute Gasteiger partial charge is 0.337 e. The molecule has 2 N–H and O–H groups in total. The highest BCUT2D eigenvalue weighted by Crippen LogP contribution is 2.10. The monoisotopic (exact) mass is 294 g/mol. The van der Waals surface area contributed by atoms with Gasteiger partial charge in [-0.25, -0.2) is 0 Å². The van der Waals surface area contributed by atoms with Crippen LogP contribution in [-0.4, -0.2) is 35.4 Å². The molecular weight excluding hydrogens is 268 g/mol. The maximum Gasteiger partial charge on any atom is 0.239 e. The molecule has 1 atom stereocenters. The Labute approximate surface area is 126 Å². The molecule has 1 aromatic carbocycles. The second-order valence-electron chi connectivity index (χ2n) is 5.13. The Bertz CT molecular complexity index is 405. The van der Waals surface area contributed by atoms with Gasteiger partial charge in [-0.3, -0.25) is 4.79 Å². The predicted molar refractivity (Wildman–Crippen MR) is 87.9 cm³/mol. The molecule has 3 nitrogen and oxygen atoms in total. The van der Waals surface area contributed by atoms with Gasteiger partial charge in [-0.1, -0.05) is 36.8 Å². The van der Waals surface area contributed by atoms with Crippen molar-refractivity contribution in [3.8, 4) is 0 Å². The van der Waals surface area contributed by atoms with Gasteiger partial charge >= 0.3 is 0 Å². The van der Waals surface area contributed by atoms with Crippen LogP contribution in [0, 0.1) is 6.92 Å². The summed E-state index contributed by atoms with van der Waals surface area (Å²) < 4.78 is 0. The van der Waals surface area contributed by atoms with Gasteiger partial charge in [-0.15, -0.1) is 0 Å². The van der Waals surface area contributed by atoms with Crippen molar-refractivity contribution in [2.45, 2.75) is 39.3 Å². The molecule has 0 spiro atoms. The molecule has 0 unspecified atom stereocenters. The molecule has 0 aliphatic heterocycles. The minimum absolute atomic E-state index is 0.0708. The van der Waals surface area contributed by atoms with E-state index < -0.39 is 0 Å². The average molecular weight is 294 g/mol. The normalized spacial score (nSPS) is 12.2. The summed E-state index contributed by atoms with van der Waals surface area (Å²) in [6, 6.07) is 7.95. The average Bonchev–Trinajstić information content (AvgIpc) is 2.45. The first-order valence-corrected chi connectivity index (χ1v) is 8.56. The molecule has 4 heteroatoms. The summed E-state index contributed by atoms with van der Waals surface area (Å²) in [5.41, 5.74) is 8.40. The molecule has 0 fully saturated rings. The summed E-state index contributed by atoms with van der Waals surface area (Å²) in [5.74, 6) is 0.999. The van der Waals surface area contributed by atoms with Crippen molar-refractivity contribution in [3.63, 3.8) is 0 Å². The SMILES string of the molecule is CCCN(Cc1ccc(C)cc1)C(=O)[C@H](N)CCSC.